The third-order valence-electron chi connectivity index (χ3n) is 5.68. The highest BCUT2D eigenvalue weighted by Crippen LogP contribution is 2.32. The quantitative estimate of drug-likeness (QED) is 0.165. The van der Waals surface area contributed by atoms with Gasteiger partial charge in [0.1, 0.15) is 5.75 Å². The van der Waals surface area contributed by atoms with Gasteiger partial charge < -0.3 is 5.11 Å². The number of phenolic OH excluding ortho intramolecular Hbond substituents is 1. The van der Waals surface area contributed by atoms with Gasteiger partial charge in [0.05, 0.1) is 5.69 Å². The molecule has 0 aliphatic rings. The van der Waals surface area contributed by atoms with Gasteiger partial charge in [-0.25, -0.2) is 0 Å². The molecule has 184 valence electrons. The lowest BCUT2D eigenvalue weighted by atomic mass is 10.1. The van der Waals surface area contributed by atoms with Crippen molar-refractivity contribution in [1.29, 1.82) is 0 Å². The van der Waals surface area contributed by atoms with Gasteiger partial charge in [-0.3, -0.25) is 9.56 Å². The maximum atomic E-state index is 9.44. The summed E-state index contributed by atoms with van der Waals surface area (Å²) < 4.78 is 2.06. The molecule has 1 N–H and O–H groups in total. The number of thioether (sulfide) groups is 1. The van der Waals surface area contributed by atoms with Crippen LogP contribution in [-0.4, -0.2) is 26.1 Å². The number of benzene rings is 4. The molecule has 0 spiro atoms. The number of aliphatic imine (C=N–C) groups is 1. The van der Waals surface area contributed by atoms with Crippen molar-refractivity contribution in [3.05, 3.63) is 118 Å². The molecule has 5 nitrogen and oxygen atoms in total. The first kappa shape index (κ1) is 25.1. The third kappa shape index (κ3) is 6.05. The first-order chi connectivity index (χ1) is 18.0. The maximum Gasteiger partial charge on any atom is 0.196 e. The van der Waals surface area contributed by atoms with Gasteiger partial charge in [0, 0.05) is 33.3 Å². The van der Waals surface area contributed by atoms with E-state index in [0.29, 0.717) is 15.8 Å². The van der Waals surface area contributed by atoms with Crippen LogP contribution in [0.1, 0.15) is 16.7 Å². The summed E-state index contributed by atoms with van der Waals surface area (Å²) >= 11 is 14.0. The summed E-state index contributed by atoms with van der Waals surface area (Å²) in [5, 5.41) is 20.5. The minimum Gasteiger partial charge on any atom is -0.508 e. The zero-order valence-corrected chi connectivity index (χ0v) is 22.2. The minimum atomic E-state index is 0.230. The average molecular weight is 545 g/mol. The molecule has 0 bridgehead atoms. The molecule has 5 aromatic rings. The Morgan fingerprint density at radius 3 is 2.32 bits per heavy atom. The standard InChI is InChI=1S/C29H22Cl2N4OS/c1-19-2-12-25(13-3-19)35-28(33-34-29(35)37-18-22-6-9-23(30)16-27(22)31)21-7-10-24(11-8-21)32-17-20-4-14-26(36)15-5-20/h2-17,36H,18H2,1H3. The van der Waals surface area contributed by atoms with E-state index in [1.807, 2.05) is 48.5 Å². The molecular weight excluding hydrogens is 523 g/mol. The van der Waals surface area contributed by atoms with Crippen LogP contribution in [-0.2, 0) is 5.75 Å². The van der Waals surface area contributed by atoms with Crippen LogP contribution in [0.15, 0.2) is 101 Å². The monoisotopic (exact) mass is 544 g/mol. The van der Waals surface area contributed by atoms with Crippen LogP contribution in [0, 0.1) is 6.92 Å². The second-order valence-electron chi connectivity index (χ2n) is 8.40. The summed E-state index contributed by atoms with van der Waals surface area (Å²) in [7, 11) is 0. The summed E-state index contributed by atoms with van der Waals surface area (Å²) in [6.45, 7) is 2.06. The summed E-state index contributed by atoms with van der Waals surface area (Å²) in [5.41, 5.74) is 5.77. The third-order valence-corrected chi connectivity index (χ3v) is 7.24. The largest absolute Gasteiger partial charge is 0.508 e. The van der Waals surface area contributed by atoms with Gasteiger partial charge in [-0.15, -0.1) is 10.2 Å². The lowest BCUT2D eigenvalue weighted by molar-refractivity contribution is 0.475. The van der Waals surface area contributed by atoms with Crippen LogP contribution >= 0.6 is 35.0 Å². The zero-order valence-electron chi connectivity index (χ0n) is 19.8. The molecule has 1 aromatic heterocycles. The minimum absolute atomic E-state index is 0.230. The topological polar surface area (TPSA) is 63.3 Å². The number of nitrogens with zero attached hydrogens (tertiary/aromatic N) is 4. The Morgan fingerprint density at radius 1 is 0.892 bits per heavy atom. The van der Waals surface area contributed by atoms with Crippen LogP contribution in [0.4, 0.5) is 5.69 Å². The number of halogens is 2. The normalized spacial score (nSPS) is 11.3. The van der Waals surface area contributed by atoms with Crippen molar-refractivity contribution in [2.75, 3.05) is 0 Å². The fraction of sp³-hybridized carbons (Fsp3) is 0.0690. The van der Waals surface area contributed by atoms with E-state index in [1.54, 1.807) is 36.2 Å². The first-order valence-electron chi connectivity index (χ1n) is 11.5. The average Bonchev–Trinajstić information content (AvgIpc) is 3.32. The Bertz CT molecular complexity index is 1550. The van der Waals surface area contributed by atoms with Crippen LogP contribution in [0.3, 0.4) is 0 Å². The van der Waals surface area contributed by atoms with Gasteiger partial charge in [0.15, 0.2) is 11.0 Å². The van der Waals surface area contributed by atoms with Gasteiger partial charge >= 0.3 is 0 Å². The smallest absolute Gasteiger partial charge is 0.196 e. The van der Waals surface area contributed by atoms with Gasteiger partial charge in [-0.05, 0) is 90.8 Å². The summed E-state index contributed by atoms with van der Waals surface area (Å²) in [5.74, 6) is 1.60. The molecule has 0 aliphatic carbocycles. The summed E-state index contributed by atoms with van der Waals surface area (Å²) in [6.07, 6.45) is 1.76. The molecule has 1 heterocycles. The molecular formula is C29H22Cl2N4OS. The molecule has 4 aromatic carbocycles. The number of aryl methyl sites for hydroxylation is 1. The highest BCUT2D eigenvalue weighted by Gasteiger charge is 2.17. The van der Waals surface area contributed by atoms with Gasteiger partial charge in [-0.2, -0.15) is 0 Å². The second kappa shape index (κ2) is 11.2. The molecule has 5 rings (SSSR count). The van der Waals surface area contributed by atoms with Gasteiger partial charge in [0.2, 0.25) is 0 Å². The van der Waals surface area contributed by atoms with Crippen LogP contribution in [0.25, 0.3) is 17.1 Å². The van der Waals surface area contributed by atoms with Crippen molar-refractivity contribution < 1.29 is 5.11 Å². The fourth-order valence-corrected chi connectivity index (χ4v) is 5.17. The Balaban J connectivity index is 1.44. The van der Waals surface area contributed by atoms with Crippen molar-refractivity contribution in [3.8, 4) is 22.8 Å². The van der Waals surface area contributed by atoms with Crippen molar-refractivity contribution in [2.24, 2.45) is 4.99 Å². The van der Waals surface area contributed by atoms with Crippen molar-refractivity contribution in [1.82, 2.24) is 14.8 Å². The highest BCUT2D eigenvalue weighted by molar-refractivity contribution is 7.98. The molecule has 8 heteroatoms. The lowest BCUT2D eigenvalue weighted by Gasteiger charge is -2.11. The number of hydrogen-bond donors (Lipinski definition) is 1. The van der Waals surface area contributed by atoms with Gasteiger partial charge in [-0.1, -0.05) is 58.7 Å². The predicted molar refractivity (Wildman–Crippen MR) is 153 cm³/mol. The lowest BCUT2D eigenvalue weighted by Crippen LogP contribution is -2.00. The van der Waals surface area contributed by atoms with Crippen LogP contribution in [0.5, 0.6) is 5.75 Å². The Morgan fingerprint density at radius 2 is 1.62 bits per heavy atom. The van der Waals surface area contributed by atoms with Crippen molar-refractivity contribution in [2.45, 2.75) is 17.8 Å². The molecule has 0 fully saturated rings. The number of phenols is 1. The molecule has 0 saturated heterocycles. The number of aromatic nitrogens is 3. The van der Waals surface area contributed by atoms with Crippen LogP contribution < -0.4 is 0 Å². The van der Waals surface area contributed by atoms with Gasteiger partial charge in [0.25, 0.3) is 0 Å². The van der Waals surface area contributed by atoms with E-state index in [1.165, 1.54) is 5.56 Å². The van der Waals surface area contributed by atoms with E-state index >= 15 is 0 Å². The van der Waals surface area contributed by atoms with E-state index in [2.05, 4.69) is 50.9 Å². The number of aromatic hydroxyl groups is 1. The SMILES string of the molecule is Cc1ccc(-n2c(SCc3ccc(Cl)cc3Cl)nnc2-c2ccc(N=Cc3ccc(O)cc3)cc2)cc1. The summed E-state index contributed by atoms with van der Waals surface area (Å²) in [4.78, 5) is 4.54. The van der Waals surface area contributed by atoms with E-state index in [0.717, 1.165) is 39.0 Å². The molecule has 0 aliphatic heterocycles. The van der Waals surface area contributed by atoms with E-state index < -0.39 is 0 Å². The highest BCUT2D eigenvalue weighted by atomic mass is 35.5. The van der Waals surface area contributed by atoms with Crippen molar-refractivity contribution >= 4 is 46.9 Å². The number of rotatable bonds is 7. The fourth-order valence-electron chi connectivity index (χ4n) is 3.66. The molecule has 0 radical (unpaired) electrons. The molecule has 0 saturated carbocycles. The predicted octanol–water partition coefficient (Wildman–Crippen LogP) is 8.30. The molecule has 0 amide bonds. The Kier molecular flexibility index (Phi) is 7.60. The Hall–Kier alpha value is -3.58. The summed E-state index contributed by atoms with van der Waals surface area (Å²) in [6, 6.07) is 28.6. The molecule has 0 atom stereocenters. The number of hydrogen-bond acceptors (Lipinski definition) is 5. The molecule has 37 heavy (non-hydrogen) atoms. The van der Waals surface area contributed by atoms with Crippen LogP contribution in [0.2, 0.25) is 10.0 Å². The van der Waals surface area contributed by atoms with E-state index in [-0.39, 0.29) is 5.75 Å². The van der Waals surface area contributed by atoms with E-state index in [9.17, 15) is 5.11 Å². The molecule has 0 unspecified atom stereocenters. The van der Waals surface area contributed by atoms with Crippen molar-refractivity contribution in [3.63, 3.8) is 0 Å². The second-order valence-corrected chi connectivity index (χ2v) is 10.2. The maximum absolute atomic E-state index is 9.44. The first-order valence-corrected chi connectivity index (χ1v) is 13.2. The Labute approximate surface area is 229 Å². The zero-order chi connectivity index (χ0) is 25.8. The van der Waals surface area contributed by atoms with E-state index in [4.69, 9.17) is 23.2 Å².